The van der Waals surface area contributed by atoms with E-state index in [1.807, 2.05) is 6.26 Å². The lowest BCUT2D eigenvalue weighted by Gasteiger charge is -2.60. The van der Waals surface area contributed by atoms with Crippen molar-refractivity contribution >= 4 is 52.2 Å². The standard InChI is InChI=1S/C26H25Cl2F2N5O2S/c1-36-22-6-21(31)15(5-23(22)37-9-16-17(27)7-33-8-18(16)28)24(32)14-3-19(29)25(20(30)4-14)34-10-26(11-34)12-35(13-26)38-2/h3-8,32H,9-13,31H2,1-2H3. The first-order valence-electron chi connectivity index (χ1n) is 11.7. The summed E-state index contributed by atoms with van der Waals surface area (Å²) in [6.07, 6.45) is 4.92. The highest BCUT2D eigenvalue weighted by molar-refractivity contribution is 7.96. The Labute approximate surface area is 233 Å². The van der Waals surface area contributed by atoms with E-state index in [-0.39, 0.29) is 46.0 Å². The van der Waals surface area contributed by atoms with Crippen molar-refractivity contribution in [2.24, 2.45) is 5.41 Å². The molecule has 0 bridgehead atoms. The number of pyridine rings is 1. The summed E-state index contributed by atoms with van der Waals surface area (Å²) < 4.78 is 43.8. The molecule has 5 rings (SSSR count). The predicted molar refractivity (Wildman–Crippen MR) is 148 cm³/mol. The van der Waals surface area contributed by atoms with Gasteiger partial charge in [0.25, 0.3) is 0 Å². The number of benzene rings is 2. The Kier molecular flexibility index (Phi) is 7.34. The lowest BCUT2D eigenvalue weighted by atomic mass is 9.74. The van der Waals surface area contributed by atoms with Crippen LogP contribution in [0.15, 0.2) is 36.7 Å². The molecule has 7 nitrogen and oxygen atoms in total. The van der Waals surface area contributed by atoms with Crippen molar-refractivity contribution in [1.29, 1.82) is 5.41 Å². The fourth-order valence-electron chi connectivity index (χ4n) is 4.91. The van der Waals surface area contributed by atoms with Crippen molar-refractivity contribution < 1.29 is 18.3 Å². The van der Waals surface area contributed by atoms with E-state index in [9.17, 15) is 0 Å². The Morgan fingerprint density at radius 1 is 1.08 bits per heavy atom. The lowest BCUT2D eigenvalue weighted by Crippen LogP contribution is -2.71. The second kappa shape index (κ2) is 10.4. The number of methoxy groups -OCH3 is 1. The second-order valence-electron chi connectivity index (χ2n) is 9.46. The van der Waals surface area contributed by atoms with Crippen molar-refractivity contribution in [2.75, 3.05) is 50.2 Å². The Morgan fingerprint density at radius 3 is 2.29 bits per heavy atom. The first-order valence-corrected chi connectivity index (χ1v) is 13.6. The molecule has 200 valence electrons. The minimum absolute atomic E-state index is 0.00276. The number of ether oxygens (including phenoxy) is 2. The molecule has 3 aromatic rings. The number of nitrogens with zero attached hydrogens (tertiary/aromatic N) is 3. The molecule has 0 atom stereocenters. The van der Waals surface area contributed by atoms with Crippen LogP contribution in [0.25, 0.3) is 0 Å². The van der Waals surface area contributed by atoms with Gasteiger partial charge in [-0.15, -0.1) is 0 Å². The molecule has 2 aliphatic heterocycles. The van der Waals surface area contributed by atoms with Crippen LogP contribution in [-0.2, 0) is 6.61 Å². The van der Waals surface area contributed by atoms with Crippen LogP contribution in [0.3, 0.4) is 0 Å². The summed E-state index contributed by atoms with van der Waals surface area (Å²) in [5, 5.41) is 9.36. The molecule has 0 amide bonds. The smallest absolute Gasteiger partial charge is 0.162 e. The molecule has 38 heavy (non-hydrogen) atoms. The third-order valence-corrected chi connectivity index (χ3v) is 8.31. The molecule has 0 saturated carbocycles. The van der Waals surface area contributed by atoms with Gasteiger partial charge in [-0.25, -0.2) is 13.1 Å². The van der Waals surface area contributed by atoms with Gasteiger partial charge in [-0.05, 0) is 24.5 Å². The Morgan fingerprint density at radius 2 is 1.71 bits per heavy atom. The number of halogens is 4. The second-order valence-corrected chi connectivity index (χ2v) is 11.2. The van der Waals surface area contributed by atoms with Gasteiger partial charge >= 0.3 is 0 Å². The number of nitrogens with two attached hydrogens (primary N) is 1. The van der Waals surface area contributed by atoms with Gasteiger partial charge < -0.3 is 20.1 Å². The van der Waals surface area contributed by atoms with Crippen molar-refractivity contribution in [3.05, 3.63) is 75.0 Å². The quantitative estimate of drug-likeness (QED) is 0.202. The van der Waals surface area contributed by atoms with E-state index in [2.05, 4.69) is 9.29 Å². The van der Waals surface area contributed by atoms with Gasteiger partial charge in [0.15, 0.2) is 11.5 Å². The van der Waals surface area contributed by atoms with Crippen LogP contribution in [0.5, 0.6) is 11.5 Å². The average Bonchev–Trinajstić information content (AvgIpc) is 2.83. The molecule has 0 unspecified atom stereocenters. The largest absolute Gasteiger partial charge is 0.493 e. The molecule has 2 saturated heterocycles. The van der Waals surface area contributed by atoms with Crippen molar-refractivity contribution in [1.82, 2.24) is 9.29 Å². The fourth-order valence-corrected chi connectivity index (χ4v) is 6.19. The third kappa shape index (κ3) is 4.86. The number of hydrogen-bond donors (Lipinski definition) is 2. The summed E-state index contributed by atoms with van der Waals surface area (Å²) in [6.45, 7) is 3.03. The molecule has 1 aromatic heterocycles. The van der Waals surface area contributed by atoms with Gasteiger partial charge in [0, 0.05) is 72.4 Å². The Balaban J connectivity index is 1.37. The molecule has 2 aliphatic rings. The lowest BCUT2D eigenvalue weighted by molar-refractivity contribution is 0.0470. The van der Waals surface area contributed by atoms with Crippen LogP contribution in [0, 0.1) is 22.5 Å². The van der Waals surface area contributed by atoms with E-state index in [1.54, 1.807) is 16.8 Å². The molecule has 12 heteroatoms. The van der Waals surface area contributed by atoms with Gasteiger partial charge in [0.2, 0.25) is 0 Å². The fraction of sp³-hybridized carbons (Fsp3) is 0.308. The monoisotopic (exact) mass is 579 g/mol. The van der Waals surface area contributed by atoms with E-state index < -0.39 is 11.6 Å². The minimum atomic E-state index is -0.717. The zero-order valence-corrected chi connectivity index (χ0v) is 23.0. The molecule has 0 radical (unpaired) electrons. The van der Waals surface area contributed by atoms with E-state index in [1.165, 1.54) is 43.8 Å². The molecular formula is C26H25Cl2F2N5O2S. The van der Waals surface area contributed by atoms with Crippen LogP contribution in [0.2, 0.25) is 10.0 Å². The van der Waals surface area contributed by atoms with Gasteiger partial charge in [-0.3, -0.25) is 10.4 Å². The zero-order valence-electron chi connectivity index (χ0n) is 20.7. The first-order chi connectivity index (χ1) is 18.1. The summed E-state index contributed by atoms with van der Waals surface area (Å²) in [4.78, 5) is 5.64. The highest BCUT2D eigenvalue weighted by Crippen LogP contribution is 2.45. The summed E-state index contributed by atoms with van der Waals surface area (Å²) in [5.74, 6) is -0.859. The SMILES string of the molecule is COc1cc(N)c(C(=N)c2cc(F)c(N3CC4(CN(SC)C4)C3)c(F)c2)cc1OCc1c(Cl)cncc1Cl. The summed E-state index contributed by atoms with van der Waals surface area (Å²) in [6, 6.07) is 5.32. The number of aromatic nitrogens is 1. The minimum Gasteiger partial charge on any atom is -0.493 e. The Hall–Kier alpha value is -2.79. The zero-order chi connectivity index (χ0) is 27.2. The van der Waals surface area contributed by atoms with Crippen molar-refractivity contribution in [3.63, 3.8) is 0 Å². The van der Waals surface area contributed by atoms with E-state index in [0.29, 0.717) is 34.4 Å². The highest BCUT2D eigenvalue weighted by atomic mass is 35.5. The summed E-state index contributed by atoms with van der Waals surface area (Å²) in [5.41, 5.74) is 7.07. The molecule has 2 aromatic carbocycles. The van der Waals surface area contributed by atoms with Crippen LogP contribution >= 0.6 is 35.1 Å². The van der Waals surface area contributed by atoms with Crippen molar-refractivity contribution in [3.8, 4) is 11.5 Å². The molecule has 0 aliphatic carbocycles. The van der Waals surface area contributed by atoms with Gasteiger partial charge in [-0.1, -0.05) is 35.1 Å². The predicted octanol–water partition coefficient (Wildman–Crippen LogP) is 5.65. The van der Waals surface area contributed by atoms with E-state index in [0.717, 1.165) is 13.1 Å². The van der Waals surface area contributed by atoms with Crippen LogP contribution < -0.4 is 20.1 Å². The number of nitrogens with one attached hydrogen (secondary N) is 1. The molecule has 2 fully saturated rings. The number of nitrogen functional groups attached to an aromatic ring is 1. The van der Waals surface area contributed by atoms with Crippen LogP contribution in [0.4, 0.5) is 20.2 Å². The van der Waals surface area contributed by atoms with E-state index >= 15 is 8.78 Å². The average molecular weight is 580 g/mol. The van der Waals surface area contributed by atoms with Crippen molar-refractivity contribution in [2.45, 2.75) is 6.61 Å². The van der Waals surface area contributed by atoms with Crippen LogP contribution in [0.1, 0.15) is 16.7 Å². The van der Waals surface area contributed by atoms with Gasteiger partial charge in [0.1, 0.15) is 23.9 Å². The normalized spacial score (nSPS) is 16.2. The Bertz CT molecular complexity index is 1370. The molecule has 1 spiro atoms. The number of anilines is 2. The maximum absolute atomic E-state index is 15.2. The summed E-state index contributed by atoms with van der Waals surface area (Å²) >= 11 is 14.1. The third-order valence-electron chi connectivity index (χ3n) is 6.89. The first kappa shape index (κ1) is 26.8. The topological polar surface area (TPSA) is 87.7 Å². The van der Waals surface area contributed by atoms with Gasteiger partial charge in [0.05, 0.1) is 22.9 Å². The van der Waals surface area contributed by atoms with E-state index in [4.69, 9.17) is 43.8 Å². The molecule has 3 N–H and O–H groups in total. The molecule has 3 heterocycles. The maximum atomic E-state index is 15.2. The van der Waals surface area contributed by atoms with Gasteiger partial charge in [-0.2, -0.15) is 0 Å². The summed E-state index contributed by atoms with van der Waals surface area (Å²) in [7, 11) is 1.45. The maximum Gasteiger partial charge on any atom is 0.162 e. The van der Waals surface area contributed by atoms with Crippen LogP contribution in [-0.4, -0.2) is 54.5 Å². The number of hydrogen-bond acceptors (Lipinski definition) is 8. The highest BCUT2D eigenvalue weighted by Gasteiger charge is 2.52. The number of rotatable bonds is 8. The molecular weight excluding hydrogens is 555 g/mol.